The van der Waals surface area contributed by atoms with Crippen LogP contribution in [-0.2, 0) is 24.4 Å². The maximum Gasteiger partial charge on any atom is 0.338 e. The Hall–Kier alpha value is -2.21. The first kappa shape index (κ1) is 23.8. The molecule has 0 aliphatic heterocycles. The van der Waals surface area contributed by atoms with Crippen LogP contribution in [0, 0.1) is 5.92 Å². The summed E-state index contributed by atoms with van der Waals surface area (Å²) in [6, 6.07) is 2.73. The topological polar surface area (TPSA) is 131 Å². The highest BCUT2D eigenvalue weighted by atomic mass is 35.5. The van der Waals surface area contributed by atoms with Gasteiger partial charge >= 0.3 is 12.0 Å². The summed E-state index contributed by atoms with van der Waals surface area (Å²) < 4.78 is 30.0. The van der Waals surface area contributed by atoms with Gasteiger partial charge < -0.3 is 10.1 Å². The number of halogens is 1. The van der Waals surface area contributed by atoms with Crippen LogP contribution >= 0.6 is 11.6 Å². The van der Waals surface area contributed by atoms with E-state index in [-0.39, 0.29) is 21.4 Å². The molecule has 3 amide bonds. The number of nitrogens with zero attached hydrogens (tertiary/aromatic N) is 1. The number of nitrogens with one attached hydrogen (secondary N) is 2. The van der Waals surface area contributed by atoms with Crippen molar-refractivity contribution in [3.05, 3.63) is 28.8 Å². The second-order valence-corrected chi connectivity index (χ2v) is 8.28. The van der Waals surface area contributed by atoms with Crippen molar-refractivity contribution in [3.8, 4) is 0 Å². The standard InChI is InChI=1S/C16H22ClN3O7S/c1-10(2)8-18-16(23)19-14(21)9-27-15(22)11-5-6-12(17)13(7-11)28(24,25)20(3)26-4/h5-7,10H,8-9H2,1-4H3,(H2,18,19,21,23). The second-order valence-electron chi connectivity index (χ2n) is 5.97. The number of ether oxygens (including phenoxy) is 1. The Labute approximate surface area is 168 Å². The molecule has 10 nitrogen and oxygen atoms in total. The minimum atomic E-state index is -4.10. The summed E-state index contributed by atoms with van der Waals surface area (Å²) in [5, 5.41) is 4.35. The summed E-state index contributed by atoms with van der Waals surface area (Å²) in [6.45, 7) is 3.41. The highest BCUT2D eigenvalue weighted by Gasteiger charge is 2.25. The number of amides is 3. The monoisotopic (exact) mass is 435 g/mol. The normalized spacial score (nSPS) is 11.4. The molecule has 0 aliphatic carbocycles. The van der Waals surface area contributed by atoms with Gasteiger partial charge in [0.25, 0.3) is 15.9 Å². The smallest absolute Gasteiger partial charge is 0.338 e. The Bertz CT molecular complexity index is 843. The van der Waals surface area contributed by atoms with Crippen molar-refractivity contribution in [2.75, 3.05) is 27.3 Å². The van der Waals surface area contributed by atoms with E-state index in [0.717, 1.165) is 20.2 Å². The zero-order valence-corrected chi connectivity index (χ0v) is 17.4. The Kier molecular flexibility index (Phi) is 8.82. The van der Waals surface area contributed by atoms with Crippen molar-refractivity contribution in [3.63, 3.8) is 0 Å². The molecule has 1 rings (SSSR count). The number of hydrogen-bond acceptors (Lipinski definition) is 7. The summed E-state index contributed by atoms with van der Waals surface area (Å²) in [4.78, 5) is 39.5. The van der Waals surface area contributed by atoms with Crippen LogP contribution in [0.1, 0.15) is 24.2 Å². The van der Waals surface area contributed by atoms with Crippen LogP contribution in [0.25, 0.3) is 0 Å². The number of carbonyl (C=O) groups is 3. The molecule has 0 spiro atoms. The average molecular weight is 436 g/mol. The zero-order valence-electron chi connectivity index (χ0n) is 15.8. The Morgan fingerprint density at radius 3 is 2.46 bits per heavy atom. The number of rotatable bonds is 8. The molecule has 12 heteroatoms. The zero-order chi connectivity index (χ0) is 21.5. The highest BCUT2D eigenvalue weighted by molar-refractivity contribution is 7.89. The molecule has 0 saturated heterocycles. The van der Waals surface area contributed by atoms with E-state index < -0.39 is 34.5 Å². The number of carbonyl (C=O) groups excluding carboxylic acids is 3. The van der Waals surface area contributed by atoms with Gasteiger partial charge in [-0.1, -0.05) is 29.9 Å². The molecule has 0 heterocycles. The molecule has 1 aromatic carbocycles. The van der Waals surface area contributed by atoms with Gasteiger partial charge in [-0.15, -0.1) is 0 Å². The third kappa shape index (κ3) is 6.75. The van der Waals surface area contributed by atoms with Crippen molar-refractivity contribution in [2.45, 2.75) is 18.7 Å². The first-order chi connectivity index (χ1) is 13.0. The second kappa shape index (κ2) is 10.4. The van der Waals surface area contributed by atoms with E-state index in [1.165, 1.54) is 12.1 Å². The van der Waals surface area contributed by atoms with Crippen LogP contribution in [0.15, 0.2) is 23.1 Å². The molecule has 28 heavy (non-hydrogen) atoms. The van der Waals surface area contributed by atoms with Crippen LogP contribution in [-0.4, -0.2) is 58.1 Å². The van der Waals surface area contributed by atoms with E-state index in [4.69, 9.17) is 16.3 Å². The lowest BCUT2D eigenvalue weighted by molar-refractivity contribution is -0.123. The molecule has 0 bridgehead atoms. The van der Waals surface area contributed by atoms with Crippen molar-refractivity contribution in [1.29, 1.82) is 0 Å². The van der Waals surface area contributed by atoms with Gasteiger partial charge in [-0.25, -0.2) is 18.0 Å². The van der Waals surface area contributed by atoms with E-state index in [1.807, 2.05) is 19.2 Å². The Morgan fingerprint density at radius 2 is 1.89 bits per heavy atom. The maximum atomic E-state index is 12.3. The fourth-order valence-corrected chi connectivity index (χ4v) is 3.26. The highest BCUT2D eigenvalue weighted by Crippen LogP contribution is 2.25. The molecule has 0 atom stereocenters. The SMILES string of the molecule is CON(C)S(=O)(=O)c1cc(C(=O)OCC(=O)NC(=O)NCC(C)C)ccc1Cl. The number of imide groups is 1. The van der Waals surface area contributed by atoms with Gasteiger partial charge in [-0.05, 0) is 24.1 Å². The van der Waals surface area contributed by atoms with Crippen molar-refractivity contribution in [2.24, 2.45) is 5.92 Å². The molecule has 0 aromatic heterocycles. The van der Waals surface area contributed by atoms with Crippen molar-refractivity contribution in [1.82, 2.24) is 15.1 Å². The molecule has 0 unspecified atom stereocenters. The van der Waals surface area contributed by atoms with Crippen LogP contribution in [0.2, 0.25) is 5.02 Å². The minimum Gasteiger partial charge on any atom is -0.452 e. The number of hydrogen-bond donors (Lipinski definition) is 2. The van der Waals surface area contributed by atoms with Gasteiger partial charge in [0.15, 0.2) is 6.61 Å². The Morgan fingerprint density at radius 1 is 1.25 bits per heavy atom. The van der Waals surface area contributed by atoms with Crippen LogP contribution < -0.4 is 10.6 Å². The first-order valence-corrected chi connectivity index (χ1v) is 9.88. The molecule has 2 N–H and O–H groups in total. The summed E-state index contributed by atoms with van der Waals surface area (Å²) in [6.07, 6.45) is 0. The van der Waals surface area contributed by atoms with E-state index in [2.05, 4.69) is 10.2 Å². The molecular weight excluding hydrogens is 414 g/mol. The Balaban J connectivity index is 2.77. The van der Waals surface area contributed by atoms with E-state index in [9.17, 15) is 22.8 Å². The summed E-state index contributed by atoms with van der Waals surface area (Å²) in [5.74, 6) is -1.60. The maximum absolute atomic E-state index is 12.3. The lowest BCUT2D eigenvalue weighted by Crippen LogP contribution is -2.42. The number of hydroxylamine groups is 1. The molecule has 1 aromatic rings. The molecule has 0 saturated carbocycles. The molecule has 0 fully saturated rings. The fourth-order valence-electron chi connectivity index (χ4n) is 1.78. The van der Waals surface area contributed by atoms with Crippen LogP contribution in [0.4, 0.5) is 4.79 Å². The van der Waals surface area contributed by atoms with Gasteiger partial charge in [0.05, 0.1) is 17.7 Å². The molecule has 156 valence electrons. The van der Waals surface area contributed by atoms with Gasteiger partial charge in [0, 0.05) is 13.6 Å². The van der Waals surface area contributed by atoms with Crippen LogP contribution in [0.3, 0.4) is 0 Å². The summed E-state index contributed by atoms with van der Waals surface area (Å²) >= 11 is 5.90. The van der Waals surface area contributed by atoms with Gasteiger partial charge in [-0.3, -0.25) is 14.9 Å². The number of benzene rings is 1. The summed E-state index contributed by atoms with van der Waals surface area (Å²) in [7, 11) is -1.79. The number of urea groups is 1. The molecule has 0 radical (unpaired) electrons. The predicted octanol–water partition coefficient (Wildman–Crippen LogP) is 1.16. The third-order valence-electron chi connectivity index (χ3n) is 3.30. The number of esters is 1. The lowest BCUT2D eigenvalue weighted by atomic mass is 10.2. The van der Waals surface area contributed by atoms with Gasteiger partial charge in [0.2, 0.25) is 0 Å². The minimum absolute atomic E-state index is 0.125. The van der Waals surface area contributed by atoms with Crippen molar-refractivity contribution >= 4 is 39.5 Å². The lowest BCUT2D eigenvalue weighted by Gasteiger charge is -2.15. The molecule has 0 aliphatic rings. The largest absolute Gasteiger partial charge is 0.452 e. The average Bonchev–Trinajstić information content (AvgIpc) is 2.63. The fraction of sp³-hybridized carbons (Fsp3) is 0.438. The summed E-state index contributed by atoms with van der Waals surface area (Å²) in [5.41, 5.74) is -0.149. The number of sulfonamides is 1. The van der Waals surface area contributed by atoms with Gasteiger partial charge in [-0.2, -0.15) is 0 Å². The quantitative estimate of drug-likeness (QED) is 0.462. The first-order valence-electron chi connectivity index (χ1n) is 8.06. The van der Waals surface area contributed by atoms with Crippen molar-refractivity contribution < 1.29 is 32.4 Å². The molecular formula is C16H22ClN3O7S. The predicted molar refractivity (Wildman–Crippen MR) is 100 cm³/mol. The third-order valence-corrected chi connectivity index (χ3v) is 5.46. The van der Waals surface area contributed by atoms with Crippen LogP contribution in [0.5, 0.6) is 0 Å². The van der Waals surface area contributed by atoms with E-state index in [0.29, 0.717) is 11.0 Å². The van der Waals surface area contributed by atoms with E-state index in [1.54, 1.807) is 0 Å². The van der Waals surface area contributed by atoms with E-state index >= 15 is 0 Å². The van der Waals surface area contributed by atoms with Gasteiger partial charge in [0.1, 0.15) is 4.90 Å².